The van der Waals surface area contributed by atoms with Crippen LogP contribution in [0.25, 0.3) is 11.0 Å². The summed E-state index contributed by atoms with van der Waals surface area (Å²) in [6.45, 7) is 5.39. The van der Waals surface area contributed by atoms with Crippen molar-refractivity contribution in [1.82, 2.24) is 14.9 Å². The summed E-state index contributed by atoms with van der Waals surface area (Å²) in [5.41, 5.74) is 3.26. The molecule has 0 fully saturated rings. The highest BCUT2D eigenvalue weighted by molar-refractivity contribution is 5.79. The number of fused-ring (bicyclic) bond motifs is 1. The maximum Gasteiger partial charge on any atom is 0.258 e. The summed E-state index contributed by atoms with van der Waals surface area (Å²) in [5.74, 6) is 2.18. The molecule has 0 radical (unpaired) electrons. The quantitative estimate of drug-likeness (QED) is 0.310. The smallest absolute Gasteiger partial charge is 0.258 e. The third-order valence-electron chi connectivity index (χ3n) is 5.69. The monoisotopic (exact) mass is 457 g/mol. The highest BCUT2D eigenvalue weighted by atomic mass is 16.5. The Hall–Kier alpha value is -3.80. The molecule has 6 nitrogen and oxygen atoms in total. The van der Waals surface area contributed by atoms with Crippen LogP contribution < -0.4 is 14.8 Å². The van der Waals surface area contributed by atoms with Gasteiger partial charge in [0.1, 0.15) is 17.3 Å². The molecule has 1 aromatic heterocycles. The first-order valence-corrected chi connectivity index (χ1v) is 11.8. The van der Waals surface area contributed by atoms with Gasteiger partial charge in [-0.3, -0.25) is 4.79 Å². The van der Waals surface area contributed by atoms with Gasteiger partial charge in [0.25, 0.3) is 5.91 Å². The Morgan fingerprint density at radius 1 is 0.941 bits per heavy atom. The molecule has 1 atom stereocenters. The molecule has 1 heterocycles. The van der Waals surface area contributed by atoms with E-state index < -0.39 is 0 Å². The number of hydrogen-bond donors (Lipinski definition) is 1. The van der Waals surface area contributed by atoms with Crippen LogP contribution in [0.15, 0.2) is 78.9 Å². The lowest BCUT2D eigenvalue weighted by atomic mass is 10.2. The fraction of sp³-hybridized carbons (Fsp3) is 0.286. The number of amides is 1. The van der Waals surface area contributed by atoms with E-state index in [-0.39, 0.29) is 18.6 Å². The Morgan fingerprint density at radius 3 is 2.41 bits per heavy atom. The van der Waals surface area contributed by atoms with Crippen molar-refractivity contribution in [3.63, 3.8) is 0 Å². The number of carbonyl (C=O) groups is 1. The molecular weight excluding hydrogens is 426 g/mol. The zero-order chi connectivity index (χ0) is 23.8. The molecule has 4 rings (SSSR count). The first-order chi connectivity index (χ1) is 16.6. The molecule has 0 bridgehead atoms. The van der Waals surface area contributed by atoms with Gasteiger partial charge in [-0.2, -0.15) is 0 Å². The van der Waals surface area contributed by atoms with E-state index in [1.165, 1.54) is 5.56 Å². The molecule has 4 aromatic rings. The Bertz CT molecular complexity index is 1200. The number of rotatable bonds is 11. The predicted molar refractivity (Wildman–Crippen MR) is 134 cm³/mol. The van der Waals surface area contributed by atoms with Gasteiger partial charge in [-0.15, -0.1) is 0 Å². The number of aryl methyl sites for hydroxylation is 2. The second-order valence-corrected chi connectivity index (χ2v) is 8.20. The topological polar surface area (TPSA) is 65.4 Å². The van der Waals surface area contributed by atoms with Crippen molar-refractivity contribution in [2.24, 2.45) is 0 Å². The highest BCUT2D eigenvalue weighted by Gasteiger charge is 2.18. The molecule has 34 heavy (non-hydrogen) atoms. The summed E-state index contributed by atoms with van der Waals surface area (Å²) in [6.07, 6.45) is 1.84. The van der Waals surface area contributed by atoms with Crippen molar-refractivity contribution in [2.45, 2.75) is 39.3 Å². The first kappa shape index (κ1) is 23.4. The van der Waals surface area contributed by atoms with E-state index in [0.29, 0.717) is 12.4 Å². The van der Waals surface area contributed by atoms with Crippen LogP contribution in [0.4, 0.5) is 0 Å². The van der Waals surface area contributed by atoms with Gasteiger partial charge in [-0.1, -0.05) is 49.4 Å². The second kappa shape index (κ2) is 11.4. The summed E-state index contributed by atoms with van der Waals surface area (Å²) in [7, 11) is 0. The van der Waals surface area contributed by atoms with E-state index in [4.69, 9.17) is 14.5 Å². The van der Waals surface area contributed by atoms with Crippen LogP contribution in [0.2, 0.25) is 0 Å². The van der Waals surface area contributed by atoms with Gasteiger partial charge in [0.2, 0.25) is 0 Å². The summed E-state index contributed by atoms with van der Waals surface area (Å²) in [4.78, 5) is 17.3. The minimum Gasteiger partial charge on any atom is -0.494 e. The number of hydrogen-bond acceptors (Lipinski definition) is 4. The fourth-order valence-electron chi connectivity index (χ4n) is 3.91. The van der Waals surface area contributed by atoms with E-state index in [2.05, 4.69) is 35.0 Å². The van der Waals surface area contributed by atoms with E-state index >= 15 is 0 Å². The number of ether oxygens (including phenoxy) is 2. The molecule has 0 aliphatic carbocycles. The first-order valence-electron chi connectivity index (χ1n) is 11.8. The molecule has 0 spiro atoms. The molecule has 176 valence electrons. The molecule has 3 aromatic carbocycles. The van der Waals surface area contributed by atoms with Gasteiger partial charge >= 0.3 is 0 Å². The number of carbonyl (C=O) groups excluding carboxylic acids is 1. The predicted octanol–water partition coefficient (Wildman–Crippen LogP) is 5.32. The number of nitrogens with zero attached hydrogens (tertiary/aromatic N) is 2. The molecule has 6 heteroatoms. The SMILES string of the molecule is CCc1ccc(OCCCn2c(C(C)NC(=O)COc3ccccc3)nc3ccccc32)cc1. The van der Waals surface area contributed by atoms with Crippen molar-refractivity contribution in [1.29, 1.82) is 0 Å². The van der Waals surface area contributed by atoms with Gasteiger partial charge in [-0.25, -0.2) is 4.98 Å². The van der Waals surface area contributed by atoms with Gasteiger partial charge in [0.15, 0.2) is 6.61 Å². The molecule has 0 aliphatic rings. The van der Waals surface area contributed by atoms with Crippen molar-refractivity contribution >= 4 is 16.9 Å². The average molecular weight is 458 g/mol. The third-order valence-corrected chi connectivity index (χ3v) is 5.69. The van der Waals surface area contributed by atoms with Crippen LogP contribution in [0.5, 0.6) is 11.5 Å². The number of para-hydroxylation sites is 3. The van der Waals surface area contributed by atoms with Gasteiger partial charge in [-0.05, 0) is 61.7 Å². The molecule has 1 amide bonds. The Kier molecular flexibility index (Phi) is 7.81. The summed E-state index contributed by atoms with van der Waals surface area (Å²) in [5, 5.41) is 3.02. The van der Waals surface area contributed by atoms with Gasteiger partial charge < -0.3 is 19.4 Å². The lowest BCUT2D eigenvalue weighted by Crippen LogP contribution is -2.32. The normalized spacial score (nSPS) is 11.8. The minimum absolute atomic E-state index is 0.0424. The van der Waals surface area contributed by atoms with E-state index in [0.717, 1.165) is 42.0 Å². The second-order valence-electron chi connectivity index (χ2n) is 8.20. The number of aromatic nitrogens is 2. The maximum atomic E-state index is 12.5. The molecule has 1 N–H and O–H groups in total. The third kappa shape index (κ3) is 5.95. The average Bonchev–Trinajstić information content (AvgIpc) is 3.25. The van der Waals surface area contributed by atoms with Gasteiger partial charge in [0, 0.05) is 6.54 Å². The van der Waals surface area contributed by atoms with Crippen molar-refractivity contribution in [3.8, 4) is 11.5 Å². The maximum absolute atomic E-state index is 12.5. The lowest BCUT2D eigenvalue weighted by Gasteiger charge is -2.17. The number of imidazole rings is 1. The Morgan fingerprint density at radius 2 is 1.65 bits per heavy atom. The van der Waals surface area contributed by atoms with Crippen molar-refractivity contribution in [3.05, 3.63) is 90.3 Å². The number of benzene rings is 3. The molecule has 0 saturated heterocycles. The van der Waals surface area contributed by atoms with Crippen LogP contribution >= 0.6 is 0 Å². The molecule has 0 aliphatic heterocycles. The van der Waals surface area contributed by atoms with Crippen LogP contribution in [0.1, 0.15) is 37.7 Å². The minimum atomic E-state index is -0.262. The van der Waals surface area contributed by atoms with Crippen LogP contribution in [-0.2, 0) is 17.8 Å². The van der Waals surface area contributed by atoms with E-state index in [1.807, 2.05) is 67.6 Å². The molecule has 0 saturated carbocycles. The zero-order valence-electron chi connectivity index (χ0n) is 19.7. The fourth-order valence-corrected chi connectivity index (χ4v) is 3.91. The molecular formula is C28H31N3O3. The van der Waals surface area contributed by atoms with Crippen molar-refractivity contribution < 1.29 is 14.3 Å². The Balaban J connectivity index is 1.38. The summed E-state index contributed by atoms with van der Waals surface area (Å²) in [6, 6.07) is 25.3. The van der Waals surface area contributed by atoms with E-state index in [1.54, 1.807) is 0 Å². The summed E-state index contributed by atoms with van der Waals surface area (Å²) < 4.78 is 13.7. The molecule has 1 unspecified atom stereocenters. The lowest BCUT2D eigenvalue weighted by molar-refractivity contribution is -0.123. The van der Waals surface area contributed by atoms with Crippen LogP contribution in [0, 0.1) is 0 Å². The highest BCUT2D eigenvalue weighted by Crippen LogP contribution is 2.22. The number of nitrogens with one attached hydrogen (secondary N) is 1. The van der Waals surface area contributed by atoms with Crippen LogP contribution in [-0.4, -0.2) is 28.7 Å². The van der Waals surface area contributed by atoms with Gasteiger partial charge in [0.05, 0.1) is 23.7 Å². The Labute approximate surface area is 200 Å². The van der Waals surface area contributed by atoms with Crippen LogP contribution in [0.3, 0.4) is 0 Å². The zero-order valence-corrected chi connectivity index (χ0v) is 19.7. The summed E-state index contributed by atoms with van der Waals surface area (Å²) >= 11 is 0. The largest absolute Gasteiger partial charge is 0.494 e. The van der Waals surface area contributed by atoms with Crippen molar-refractivity contribution in [2.75, 3.05) is 13.2 Å². The standard InChI is InChI=1S/C28H31N3O3/c1-3-22-14-16-24(17-15-22)33-19-9-18-31-26-13-8-7-12-25(26)30-28(31)21(2)29-27(32)20-34-23-10-5-4-6-11-23/h4-8,10-17,21H,3,9,18-20H2,1-2H3,(H,29,32). The van der Waals surface area contributed by atoms with E-state index in [9.17, 15) is 4.79 Å².